The Morgan fingerprint density at radius 3 is 1.45 bits per heavy atom. The molecule has 0 unspecified atom stereocenters. The van der Waals surface area contributed by atoms with Crippen molar-refractivity contribution in [3.63, 3.8) is 0 Å². The molecule has 0 aromatic heterocycles. The molecule has 0 saturated heterocycles. The number of phenolic OH excluding ortho intramolecular Hbond substituents is 2. The Morgan fingerprint density at radius 2 is 1.00 bits per heavy atom. The van der Waals surface area contributed by atoms with E-state index in [1.807, 2.05) is 61.5 Å². The van der Waals surface area contributed by atoms with E-state index in [0.29, 0.717) is 0 Å². The van der Waals surface area contributed by atoms with Crippen LogP contribution in [0.15, 0.2) is 78.9 Å². The Kier molecular flexibility index (Phi) is 3.60. The maximum Gasteiger partial charge on any atom is 0.120 e. The van der Waals surface area contributed by atoms with Gasteiger partial charge in [-0.25, -0.2) is 0 Å². The molecule has 2 nitrogen and oxygen atoms in total. The molecule has 0 heterocycles. The molecule has 0 atom stereocenters. The van der Waals surface area contributed by atoms with Gasteiger partial charge in [-0.15, -0.1) is 0 Å². The van der Waals surface area contributed by atoms with Crippen LogP contribution in [0.25, 0.3) is 0 Å². The maximum atomic E-state index is 10.4. The Bertz CT molecular complexity index is 733. The zero-order valence-electron chi connectivity index (χ0n) is 12.4. The first-order valence-electron chi connectivity index (χ1n) is 7.26. The highest BCUT2D eigenvalue weighted by Crippen LogP contribution is 2.45. The van der Waals surface area contributed by atoms with Crippen molar-refractivity contribution >= 4 is 0 Å². The van der Waals surface area contributed by atoms with E-state index < -0.39 is 5.41 Å². The van der Waals surface area contributed by atoms with Gasteiger partial charge in [-0.05, 0) is 24.6 Å². The number of para-hydroxylation sites is 2. The van der Waals surface area contributed by atoms with Gasteiger partial charge in [-0.1, -0.05) is 66.7 Å². The second-order valence-corrected chi connectivity index (χ2v) is 5.53. The number of rotatable bonds is 3. The highest BCUT2D eigenvalue weighted by Gasteiger charge is 2.35. The van der Waals surface area contributed by atoms with Crippen molar-refractivity contribution < 1.29 is 10.2 Å². The molecule has 0 fully saturated rings. The minimum Gasteiger partial charge on any atom is -0.508 e. The predicted octanol–water partition coefficient (Wildman–Crippen LogP) is 4.45. The molecular weight excluding hydrogens is 272 g/mol. The molecule has 2 N–H and O–H groups in total. The first-order chi connectivity index (χ1) is 10.6. The fraction of sp³-hybridized carbons (Fsp3) is 0.100. The van der Waals surface area contributed by atoms with Crippen molar-refractivity contribution in [2.75, 3.05) is 0 Å². The Labute approximate surface area is 130 Å². The van der Waals surface area contributed by atoms with Crippen molar-refractivity contribution in [3.05, 3.63) is 95.6 Å². The summed E-state index contributed by atoms with van der Waals surface area (Å²) in [6, 6.07) is 24.5. The average molecular weight is 290 g/mol. The van der Waals surface area contributed by atoms with Gasteiger partial charge in [0.05, 0.1) is 0 Å². The van der Waals surface area contributed by atoms with Gasteiger partial charge < -0.3 is 10.2 Å². The quantitative estimate of drug-likeness (QED) is 0.699. The van der Waals surface area contributed by atoms with Gasteiger partial charge in [0.15, 0.2) is 0 Å². The summed E-state index contributed by atoms with van der Waals surface area (Å²) >= 11 is 0. The van der Waals surface area contributed by atoms with E-state index in [2.05, 4.69) is 0 Å². The Balaban J connectivity index is 2.33. The van der Waals surface area contributed by atoms with Crippen molar-refractivity contribution in [2.45, 2.75) is 12.3 Å². The van der Waals surface area contributed by atoms with Crippen LogP contribution in [0.1, 0.15) is 23.6 Å². The van der Waals surface area contributed by atoms with E-state index in [-0.39, 0.29) is 11.5 Å². The summed E-state index contributed by atoms with van der Waals surface area (Å²) in [5, 5.41) is 20.8. The first-order valence-corrected chi connectivity index (χ1v) is 7.26. The maximum absolute atomic E-state index is 10.4. The minimum atomic E-state index is -0.641. The smallest absolute Gasteiger partial charge is 0.120 e. The second-order valence-electron chi connectivity index (χ2n) is 5.53. The Hall–Kier alpha value is -2.74. The number of hydrogen-bond acceptors (Lipinski definition) is 2. The van der Waals surface area contributed by atoms with E-state index in [9.17, 15) is 10.2 Å². The fourth-order valence-electron chi connectivity index (χ4n) is 3.02. The van der Waals surface area contributed by atoms with Crippen molar-refractivity contribution in [3.8, 4) is 11.5 Å². The normalized spacial score (nSPS) is 11.3. The number of phenols is 2. The van der Waals surface area contributed by atoms with Crippen LogP contribution in [0.3, 0.4) is 0 Å². The highest BCUT2D eigenvalue weighted by atomic mass is 16.3. The number of benzene rings is 3. The number of aromatic hydroxyl groups is 2. The second kappa shape index (κ2) is 5.57. The summed E-state index contributed by atoms with van der Waals surface area (Å²) in [4.78, 5) is 0. The zero-order chi connectivity index (χ0) is 15.6. The molecule has 0 spiro atoms. The molecule has 0 amide bonds. The van der Waals surface area contributed by atoms with Gasteiger partial charge in [-0.3, -0.25) is 0 Å². The molecule has 0 aliphatic heterocycles. The third-order valence-electron chi connectivity index (χ3n) is 4.24. The first kappa shape index (κ1) is 14.2. The average Bonchev–Trinajstić information content (AvgIpc) is 2.56. The summed E-state index contributed by atoms with van der Waals surface area (Å²) < 4.78 is 0. The topological polar surface area (TPSA) is 40.5 Å². The minimum absolute atomic E-state index is 0.220. The largest absolute Gasteiger partial charge is 0.508 e. The Morgan fingerprint density at radius 1 is 0.591 bits per heavy atom. The monoisotopic (exact) mass is 290 g/mol. The van der Waals surface area contributed by atoms with Crippen LogP contribution in [0.4, 0.5) is 0 Å². The summed E-state index contributed by atoms with van der Waals surface area (Å²) in [7, 11) is 0. The van der Waals surface area contributed by atoms with Gasteiger partial charge in [0.25, 0.3) is 0 Å². The summed E-state index contributed by atoms with van der Waals surface area (Å²) in [6.07, 6.45) is 0. The van der Waals surface area contributed by atoms with Crippen LogP contribution in [0.5, 0.6) is 11.5 Å². The molecule has 0 saturated carbocycles. The van der Waals surface area contributed by atoms with Crippen LogP contribution < -0.4 is 0 Å². The summed E-state index contributed by atoms with van der Waals surface area (Å²) in [5.41, 5.74) is 1.90. The lowest BCUT2D eigenvalue weighted by Gasteiger charge is -2.32. The van der Waals surface area contributed by atoms with E-state index in [4.69, 9.17) is 0 Å². The van der Waals surface area contributed by atoms with Crippen molar-refractivity contribution in [1.82, 2.24) is 0 Å². The molecule has 0 aliphatic rings. The molecule has 3 aromatic rings. The lowest BCUT2D eigenvalue weighted by molar-refractivity contribution is 0.442. The van der Waals surface area contributed by atoms with Crippen LogP contribution in [-0.2, 0) is 5.41 Å². The molecular formula is C20H18O2. The van der Waals surface area contributed by atoms with E-state index in [1.165, 1.54) is 0 Å². The van der Waals surface area contributed by atoms with Gasteiger partial charge in [0.2, 0.25) is 0 Å². The summed E-state index contributed by atoms with van der Waals surface area (Å²) in [6.45, 7) is 2.02. The van der Waals surface area contributed by atoms with Crippen LogP contribution in [0, 0.1) is 0 Å². The molecule has 110 valence electrons. The van der Waals surface area contributed by atoms with Crippen molar-refractivity contribution in [1.29, 1.82) is 0 Å². The van der Waals surface area contributed by atoms with Gasteiger partial charge >= 0.3 is 0 Å². The summed E-state index contributed by atoms with van der Waals surface area (Å²) in [5.74, 6) is 0.439. The van der Waals surface area contributed by atoms with Crippen LogP contribution in [0.2, 0.25) is 0 Å². The zero-order valence-corrected chi connectivity index (χ0v) is 12.4. The molecule has 0 aliphatic carbocycles. The van der Waals surface area contributed by atoms with Gasteiger partial charge in [-0.2, -0.15) is 0 Å². The standard InChI is InChI=1S/C20H18O2/c1-20(15-9-3-2-4-10-15,16-11-5-7-13-18(16)21)17-12-6-8-14-19(17)22/h2-14,21-22H,1H3. The van der Waals surface area contributed by atoms with E-state index in [1.54, 1.807) is 24.3 Å². The molecule has 22 heavy (non-hydrogen) atoms. The highest BCUT2D eigenvalue weighted by molar-refractivity contribution is 5.57. The number of hydrogen-bond donors (Lipinski definition) is 2. The fourth-order valence-corrected chi connectivity index (χ4v) is 3.02. The molecule has 0 bridgehead atoms. The molecule has 3 aromatic carbocycles. The van der Waals surface area contributed by atoms with E-state index >= 15 is 0 Å². The van der Waals surface area contributed by atoms with E-state index in [0.717, 1.165) is 16.7 Å². The lowest BCUT2D eigenvalue weighted by atomic mass is 9.70. The molecule has 2 heteroatoms. The SMILES string of the molecule is CC(c1ccccc1)(c1ccccc1O)c1ccccc1O. The third kappa shape index (κ3) is 2.23. The van der Waals surface area contributed by atoms with Crippen LogP contribution in [-0.4, -0.2) is 10.2 Å². The van der Waals surface area contributed by atoms with Crippen molar-refractivity contribution in [2.24, 2.45) is 0 Å². The van der Waals surface area contributed by atoms with Gasteiger partial charge in [0, 0.05) is 16.5 Å². The van der Waals surface area contributed by atoms with Gasteiger partial charge in [0.1, 0.15) is 11.5 Å². The lowest BCUT2D eigenvalue weighted by Crippen LogP contribution is -2.25. The van der Waals surface area contributed by atoms with Crippen LogP contribution >= 0.6 is 0 Å². The molecule has 0 radical (unpaired) electrons. The third-order valence-corrected chi connectivity index (χ3v) is 4.24. The molecule has 3 rings (SSSR count). The predicted molar refractivity (Wildman–Crippen MR) is 88.2 cm³/mol.